The van der Waals surface area contributed by atoms with Gasteiger partial charge >= 0.3 is 11.9 Å². The van der Waals surface area contributed by atoms with Crippen LogP contribution in [0.1, 0.15) is 11.1 Å². The van der Waals surface area contributed by atoms with E-state index in [1.165, 1.54) is 5.56 Å². The molecule has 1 aromatic rings. The molecule has 0 saturated carbocycles. The highest BCUT2D eigenvalue weighted by molar-refractivity contribution is 9.10. The second kappa shape index (κ2) is 12.7. The number of ether oxygens (including phenoxy) is 2. The lowest BCUT2D eigenvalue weighted by molar-refractivity contribution is -0.159. The Kier molecular flexibility index (Phi) is 11.0. The summed E-state index contributed by atoms with van der Waals surface area (Å²) < 4.78 is 12.5. The van der Waals surface area contributed by atoms with Crippen LogP contribution in [-0.4, -0.2) is 79.6 Å². The molecule has 0 aliphatic carbocycles. The van der Waals surface area contributed by atoms with Gasteiger partial charge in [0, 0.05) is 32.7 Å². The first kappa shape index (κ1) is 23.4. The Morgan fingerprint density at radius 1 is 1.11 bits per heavy atom. The van der Waals surface area contributed by atoms with Crippen molar-refractivity contribution in [2.75, 3.05) is 52.5 Å². The number of hydrogen-bond donors (Lipinski definition) is 3. The first-order valence-electron chi connectivity index (χ1n) is 8.68. The molecule has 1 heterocycles. The van der Waals surface area contributed by atoms with E-state index in [9.17, 15) is 0 Å². The number of nitrogens with zero attached hydrogens (tertiary/aromatic N) is 1. The highest BCUT2D eigenvalue weighted by Gasteiger charge is 2.09. The summed E-state index contributed by atoms with van der Waals surface area (Å²) in [6.45, 7) is 11.6. The maximum atomic E-state index is 9.10. The minimum Gasteiger partial charge on any atom is -0.490 e. The van der Waals surface area contributed by atoms with Crippen LogP contribution in [0.3, 0.4) is 0 Å². The van der Waals surface area contributed by atoms with E-state index in [1.54, 1.807) is 0 Å². The quantitative estimate of drug-likeness (QED) is 0.427. The van der Waals surface area contributed by atoms with E-state index in [1.807, 2.05) is 0 Å². The van der Waals surface area contributed by atoms with Crippen molar-refractivity contribution in [3.8, 4) is 5.75 Å². The average Bonchev–Trinajstić information content (AvgIpc) is 2.61. The van der Waals surface area contributed by atoms with Gasteiger partial charge in [0.1, 0.15) is 12.4 Å². The average molecular weight is 447 g/mol. The van der Waals surface area contributed by atoms with Crippen molar-refractivity contribution < 1.29 is 29.3 Å². The topological polar surface area (TPSA) is 108 Å². The second-order valence-corrected chi connectivity index (χ2v) is 6.91. The van der Waals surface area contributed by atoms with Crippen molar-refractivity contribution in [2.45, 2.75) is 13.8 Å². The summed E-state index contributed by atoms with van der Waals surface area (Å²) in [4.78, 5) is 20.6. The predicted octanol–water partition coefficient (Wildman–Crippen LogP) is 1.52. The summed E-state index contributed by atoms with van der Waals surface area (Å²) in [5.41, 5.74) is 2.39. The lowest BCUT2D eigenvalue weighted by Crippen LogP contribution is -2.44. The third kappa shape index (κ3) is 9.71. The smallest absolute Gasteiger partial charge is 0.414 e. The Balaban J connectivity index is 0.000000527. The number of carboxylic acid groups (broad SMARTS) is 2. The first-order chi connectivity index (χ1) is 12.8. The number of aryl methyl sites for hydroxylation is 2. The van der Waals surface area contributed by atoms with E-state index in [0.29, 0.717) is 13.2 Å². The number of benzene rings is 1. The molecule has 1 fully saturated rings. The fourth-order valence-electron chi connectivity index (χ4n) is 2.52. The van der Waals surface area contributed by atoms with Crippen LogP contribution in [-0.2, 0) is 14.3 Å². The number of aliphatic carboxylic acids is 2. The van der Waals surface area contributed by atoms with E-state index in [-0.39, 0.29) is 0 Å². The molecule has 0 bridgehead atoms. The molecular weight excluding hydrogens is 420 g/mol. The fraction of sp³-hybridized carbons (Fsp3) is 0.556. The molecule has 0 amide bonds. The van der Waals surface area contributed by atoms with E-state index < -0.39 is 11.9 Å². The SMILES string of the molecule is Cc1cc(C)c(OCCOCCN2CCNCC2)c(Br)c1.O=C(O)C(=O)O. The molecule has 0 aromatic heterocycles. The normalized spacial score (nSPS) is 14.2. The Labute approximate surface area is 167 Å². The van der Waals surface area contributed by atoms with Crippen LogP contribution in [0.2, 0.25) is 0 Å². The van der Waals surface area contributed by atoms with Gasteiger partial charge in [-0.05, 0) is 47.0 Å². The van der Waals surface area contributed by atoms with Crippen LogP contribution in [0.5, 0.6) is 5.75 Å². The van der Waals surface area contributed by atoms with Crippen molar-refractivity contribution in [3.05, 3.63) is 27.7 Å². The van der Waals surface area contributed by atoms with Gasteiger partial charge in [-0.1, -0.05) is 6.07 Å². The molecule has 0 unspecified atom stereocenters. The molecule has 152 valence electrons. The van der Waals surface area contributed by atoms with Crippen LogP contribution in [0.25, 0.3) is 0 Å². The molecule has 3 N–H and O–H groups in total. The number of rotatable bonds is 7. The second-order valence-electron chi connectivity index (χ2n) is 6.06. The zero-order chi connectivity index (χ0) is 20.2. The Morgan fingerprint density at radius 3 is 2.30 bits per heavy atom. The van der Waals surface area contributed by atoms with E-state index in [4.69, 9.17) is 29.3 Å². The van der Waals surface area contributed by atoms with Crippen molar-refractivity contribution in [2.24, 2.45) is 0 Å². The number of carboxylic acids is 2. The third-order valence-electron chi connectivity index (χ3n) is 3.79. The van der Waals surface area contributed by atoms with Crippen molar-refractivity contribution in [1.29, 1.82) is 0 Å². The van der Waals surface area contributed by atoms with Gasteiger partial charge in [-0.2, -0.15) is 0 Å². The van der Waals surface area contributed by atoms with Gasteiger partial charge in [0.25, 0.3) is 0 Å². The van der Waals surface area contributed by atoms with Gasteiger partial charge < -0.3 is 25.0 Å². The summed E-state index contributed by atoms with van der Waals surface area (Å²) in [5.74, 6) is -2.73. The molecular formula is C18H27BrN2O6. The molecule has 0 radical (unpaired) electrons. The third-order valence-corrected chi connectivity index (χ3v) is 4.38. The van der Waals surface area contributed by atoms with E-state index >= 15 is 0 Å². The maximum Gasteiger partial charge on any atom is 0.414 e. The number of nitrogens with one attached hydrogen (secondary N) is 1. The molecule has 2 rings (SSSR count). The zero-order valence-electron chi connectivity index (χ0n) is 15.7. The molecule has 1 aliphatic heterocycles. The Bertz CT molecular complexity index is 585. The summed E-state index contributed by atoms with van der Waals surface area (Å²) in [6.07, 6.45) is 0. The molecule has 1 saturated heterocycles. The summed E-state index contributed by atoms with van der Waals surface area (Å²) in [7, 11) is 0. The maximum absolute atomic E-state index is 9.10. The van der Waals surface area contributed by atoms with Crippen molar-refractivity contribution in [1.82, 2.24) is 10.2 Å². The Morgan fingerprint density at radius 2 is 1.74 bits per heavy atom. The van der Waals surface area contributed by atoms with Crippen molar-refractivity contribution in [3.63, 3.8) is 0 Å². The predicted molar refractivity (Wildman–Crippen MR) is 105 cm³/mol. The molecule has 9 heteroatoms. The molecule has 0 spiro atoms. The molecule has 1 aliphatic rings. The van der Waals surface area contributed by atoms with Crippen LogP contribution in [0.15, 0.2) is 16.6 Å². The van der Waals surface area contributed by atoms with Gasteiger partial charge in [0.05, 0.1) is 17.7 Å². The fourth-order valence-corrected chi connectivity index (χ4v) is 3.31. The Hall–Kier alpha value is -1.68. The first-order valence-corrected chi connectivity index (χ1v) is 9.47. The van der Waals surface area contributed by atoms with Gasteiger partial charge in [-0.3, -0.25) is 4.90 Å². The van der Waals surface area contributed by atoms with Crippen LogP contribution < -0.4 is 10.1 Å². The van der Waals surface area contributed by atoms with Crippen LogP contribution >= 0.6 is 15.9 Å². The zero-order valence-corrected chi connectivity index (χ0v) is 17.3. The lowest BCUT2D eigenvalue weighted by Gasteiger charge is -2.26. The monoisotopic (exact) mass is 446 g/mol. The summed E-state index contributed by atoms with van der Waals surface area (Å²) in [5, 5.41) is 18.1. The number of halogens is 1. The van der Waals surface area contributed by atoms with Gasteiger partial charge in [-0.15, -0.1) is 0 Å². The van der Waals surface area contributed by atoms with Gasteiger partial charge in [0.2, 0.25) is 0 Å². The summed E-state index contributed by atoms with van der Waals surface area (Å²) >= 11 is 3.55. The standard InChI is InChI=1S/C16H25BrN2O2.C2H2O4/c1-13-11-14(2)16(15(17)12-13)21-10-9-20-8-7-19-5-3-18-4-6-19;3-1(4)2(5)6/h11-12,18H,3-10H2,1-2H3;(H,3,4)(H,5,6). The molecule has 0 atom stereocenters. The highest BCUT2D eigenvalue weighted by Crippen LogP contribution is 2.30. The molecule has 27 heavy (non-hydrogen) atoms. The van der Waals surface area contributed by atoms with Gasteiger partial charge in [0.15, 0.2) is 0 Å². The largest absolute Gasteiger partial charge is 0.490 e. The van der Waals surface area contributed by atoms with Crippen LogP contribution in [0.4, 0.5) is 0 Å². The molecule has 1 aromatic carbocycles. The van der Waals surface area contributed by atoms with E-state index in [0.717, 1.165) is 55.1 Å². The molecule has 8 nitrogen and oxygen atoms in total. The summed E-state index contributed by atoms with van der Waals surface area (Å²) in [6, 6.07) is 4.21. The number of hydrogen-bond acceptors (Lipinski definition) is 6. The lowest BCUT2D eigenvalue weighted by atomic mass is 10.1. The number of carbonyl (C=O) groups is 2. The minimum atomic E-state index is -1.82. The van der Waals surface area contributed by atoms with Gasteiger partial charge in [-0.25, -0.2) is 9.59 Å². The van der Waals surface area contributed by atoms with Crippen LogP contribution in [0, 0.1) is 13.8 Å². The van der Waals surface area contributed by atoms with Crippen molar-refractivity contribution >= 4 is 27.9 Å². The number of piperazine rings is 1. The van der Waals surface area contributed by atoms with E-state index in [2.05, 4.69) is 52.1 Å². The minimum absolute atomic E-state index is 0.587. The highest BCUT2D eigenvalue weighted by atomic mass is 79.9.